The molecular formula is C29H27FN4O3. The fourth-order valence-corrected chi connectivity index (χ4v) is 6.02. The number of rotatable bonds is 2. The Kier molecular flexibility index (Phi) is 4.85. The lowest BCUT2D eigenvalue weighted by atomic mass is 10.0. The second-order valence-corrected chi connectivity index (χ2v) is 10.6. The summed E-state index contributed by atoms with van der Waals surface area (Å²) in [6.07, 6.45) is 3.24. The number of benzene rings is 3. The van der Waals surface area contributed by atoms with E-state index in [1.165, 1.54) is 6.07 Å². The summed E-state index contributed by atoms with van der Waals surface area (Å²) in [7, 11) is 0. The Morgan fingerprint density at radius 2 is 1.86 bits per heavy atom. The van der Waals surface area contributed by atoms with E-state index < -0.39 is 11.2 Å². The minimum Gasteiger partial charge on any atom is -0.451 e. The lowest BCUT2D eigenvalue weighted by molar-refractivity contribution is 0.0789. The van der Waals surface area contributed by atoms with E-state index in [0.29, 0.717) is 66.9 Å². The van der Waals surface area contributed by atoms with Crippen molar-refractivity contribution in [2.75, 3.05) is 31.1 Å². The number of anilines is 1. The molecule has 7 nitrogen and oxygen atoms in total. The first kappa shape index (κ1) is 22.3. The summed E-state index contributed by atoms with van der Waals surface area (Å²) in [5, 5.41) is 2.11. The Bertz CT molecular complexity index is 1680. The fourth-order valence-electron chi connectivity index (χ4n) is 6.02. The third kappa shape index (κ3) is 3.35. The summed E-state index contributed by atoms with van der Waals surface area (Å²) in [5.74, 6) is 0.410. The van der Waals surface area contributed by atoms with Gasteiger partial charge < -0.3 is 24.8 Å². The average molecular weight is 499 g/mol. The van der Waals surface area contributed by atoms with Crippen LogP contribution in [0.1, 0.15) is 30.1 Å². The van der Waals surface area contributed by atoms with Gasteiger partial charge in [0.1, 0.15) is 16.8 Å². The lowest BCUT2D eigenvalue weighted by Crippen LogP contribution is -2.35. The number of hydrogen-bond acceptors (Lipinski definition) is 5. The Balaban J connectivity index is 1.53. The third-order valence-electron chi connectivity index (χ3n) is 7.95. The van der Waals surface area contributed by atoms with Gasteiger partial charge in [-0.2, -0.15) is 0 Å². The van der Waals surface area contributed by atoms with E-state index in [0.717, 1.165) is 17.2 Å². The van der Waals surface area contributed by atoms with Crippen molar-refractivity contribution in [3.05, 3.63) is 70.3 Å². The van der Waals surface area contributed by atoms with Crippen LogP contribution in [-0.2, 0) is 0 Å². The minimum absolute atomic E-state index is 0.00973. The van der Waals surface area contributed by atoms with Crippen molar-refractivity contribution >= 4 is 33.3 Å². The molecule has 8 heteroatoms. The predicted octanol–water partition coefficient (Wildman–Crippen LogP) is 4.41. The van der Waals surface area contributed by atoms with Crippen molar-refractivity contribution in [1.82, 2.24) is 9.47 Å². The number of carbonyl (C=O) groups excluding carboxylic acids is 1. The number of aromatic nitrogens is 1. The van der Waals surface area contributed by atoms with Gasteiger partial charge in [-0.05, 0) is 47.7 Å². The van der Waals surface area contributed by atoms with Crippen LogP contribution in [0.3, 0.4) is 0 Å². The van der Waals surface area contributed by atoms with E-state index in [1.54, 1.807) is 11.1 Å². The Hall–Kier alpha value is -3.91. The molecule has 4 heterocycles. The van der Waals surface area contributed by atoms with Crippen molar-refractivity contribution in [2.45, 2.75) is 25.8 Å². The summed E-state index contributed by atoms with van der Waals surface area (Å²) < 4.78 is 24.1. The molecule has 0 aliphatic carbocycles. The zero-order valence-electron chi connectivity index (χ0n) is 20.5. The Labute approximate surface area is 212 Å². The highest BCUT2D eigenvalue weighted by Crippen LogP contribution is 2.48. The number of pyridine rings is 1. The van der Waals surface area contributed by atoms with Gasteiger partial charge in [0.2, 0.25) is 5.43 Å². The number of fused-ring (bicyclic) bond motifs is 3. The van der Waals surface area contributed by atoms with E-state index in [4.69, 9.17) is 10.5 Å². The Morgan fingerprint density at radius 1 is 1.08 bits per heavy atom. The maximum absolute atomic E-state index is 15.8. The highest BCUT2D eigenvalue weighted by molar-refractivity contribution is 6.02. The number of ether oxygens (including phenoxy) is 1. The van der Waals surface area contributed by atoms with Gasteiger partial charge in [0.15, 0.2) is 17.3 Å². The van der Waals surface area contributed by atoms with Crippen LogP contribution in [0.25, 0.3) is 27.4 Å². The molecule has 0 spiro atoms. The molecule has 0 saturated carbocycles. The molecule has 37 heavy (non-hydrogen) atoms. The standard InChI is InChI=1S/C29H27FN4O3/c1-16-6-8-32(13-16)26-22(30)12-20-25-28(26)37-24-11-18-5-3-2-4-17(18)10-23(24)34(25)15-21(27(20)35)29(36)33-9-7-19(31)14-33/h2-5,10-12,15-16,19H,6-9,13-14,31H2,1H3/t16?,19-/m1/s1. The van der Waals surface area contributed by atoms with Crippen molar-refractivity contribution in [2.24, 2.45) is 11.7 Å². The first-order valence-corrected chi connectivity index (χ1v) is 12.8. The third-order valence-corrected chi connectivity index (χ3v) is 7.95. The monoisotopic (exact) mass is 498 g/mol. The first-order chi connectivity index (χ1) is 17.9. The molecule has 7 rings (SSSR count). The molecule has 3 aromatic carbocycles. The van der Waals surface area contributed by atoms with Gasteiger partial charge in [-0.1, -0.05) is 31.2 Å². The molecule has 0 bridgehead atoms. The van der Waals surface area contributed by atoms with Crippen LogP contribution in [0, 0.1) is 11.7 Å². The number of nitrogens with two attached hydrogens (primary N) is 1. The van der Waals surface area contributed by atoms with Crippen LogP contribution in [0.15, 0.2) is 53.5 Å². The molecule has 0 radical (unpaired) electrons. The molecule has 4 aromatic rings. The summed E-state index contributed by atoms with van der Waals surface area (Å²) in [5.41, 5.74) is 7.10. The number of hydrogen-bond donors (Lipinski definition) is 1. The summed E-state index contributed by atoms with van der Waals surface area (Å²) in [6, 6.07) is 13.0. The molecule has 2 N–H and O–H groups in total. The van der Waals surface area contributed by atoms with Gasteiger partial charge in [0, 0.05) is 38.4 Å². The highest BCUT2D eigenvalue weighted by atomic mass is 19.1. The van der Waals surface area contributed by atoms with E-state index in [9.17, 15) is 9.59 Å². The van der Waals surface area contributed by atoms with Crippen LogP contribution in [0.4, 0.5) is 10.1 Å². The summed E-state index contributed by atoms with van der Waals surface area (Å²) >= 11 is 0. The van der Waals surface area contributed by atoms with Crippen molar-refractivity contribution < 1.29 is 13.9 Å². The molecule has 3 aliphatic heterocycles. The highest BCUT2D eigenvalue weighted by Gasteiger charge is 2.34. The quantitative estimate of drug-likeness (QED) is 0.390. The van der Waals surface area contributed by atoms with Gasteiger partial charge in [-0.3, -0.25) is 9.59 Å². The van der Waals surface area contributed by atoms with E-state index in [-0.39, 0.29) is 22.9 Å². The maximum Gasteiger partial charge on any atom is 0.259 e. The number of nitrogens with zero attached hydrogens (tertiary/aromatic N) is 3. The van der Waals surface area contributed by atoms with E-state index >= 15 is 4.39 Å². The van der Waals surface area contributed by atoms with Crippen molar-refractivity contribution in [1.29, 1.82) is 0 Å². The topological polar surface area (TPSA) is 80.8 Å². The number of halogens is 1. The van der Waals surface area contributed by atoms with Crippen molar-refractivity contribution in [3.8, 4) is 17.2 Å². The molecule has 2 saturated heterocycles. The summed E-state index contributed by atoms with van der Waals surface area (Å²) in [6.45, 7) is 4.45. The maximum atomic E-state index is 15.8. The molecule has 2 atom stereocenters. The van der Waals surface area contributed by atoms with Crippen LogP contribution < -0.4 is 20.8 Å². The first-order valence-electron chi connectivity index (χ1n) is 12.8. The molecule has 1 unspecified atom stereocenters. The fraction of sp³-hybridized carbons (Fsp3) is 0.310. The second kappa shape index (κ2) is 8.05. The van der Waals surface area contributed by atoms with E-state index in [1.807, 2.05) is 45.9 Å². The number of carbonyl (C=O) groups is 1. The SMILES string of the molecule is CC1CCN(c2c(F)cc3c(=O)c(C(=O)N4CC[C@@H](N)C4)cn4c3c2Oc2cc3ccccc3cc2-4)C1. The van der Waals surface area contributed by atoms with Crippen LogP contribution in [0.2, 0.25) is 0 Å². The summed E-state index contributed by atoms with van der Waals surface area (Å²) in [4.78, 5) is 30.8. The van der Waals surface area contributed by atoms with Crippen LogP contribution in [-0.4, -0.2) is 47.6 Å². The normalized spacial score (nSPS) is 20.5. The Morgan fingerprint density at radius 3 is 2.57 bits per heavy atom. The van der Waals surface area contributed by atoms with Gasteiger partial charge in [-0.15, -0.1) is 0 Å². The second-order valence-electron chi connectivity index (χ2n) is 10.6. The number of amides is 1. The smallest absolute Gasteiger partial charge is 0.259 e. The lowest BCUT2D eigenvalue weighted by Gasteiger charge is -2.29. The van der Waals surface area contributed by atoms with Gasteiger partial charge in [0.05, 0.1) is 11.1 Å². The molecule has 188 valence electrons. The average Bonchev–Trinajstić information content (AvgIpc) is 3.52. The number of likely N-dealkylation sites (tertiary alicyclic amines) is 1. The molecular weight excluding hydrogens is 471 g/mol. The molecule has 3 aliphatic rings. The van der Waals surface area contributed by atoms with Crippen LogP contribution in [0.5, 0.6) is 11.5 Å². The van der Waals surface area contributed by atoms with Crippen molar-refractivity contribution in [3.63, 3.8) is 0 Å². The zero-order chi connectivity index (χ0) is 25.4. The minimum atomic E-state index is -0.516. The molecule has 1 aromatic heterocycles. The largest absolute Gasteiger partial charge is 0.451 e. The molecule has 1 amide bonds. The predicted molar refractivity (Wildman–Crippen MR) is 142 cm³/mol. The molecule has 2 fully saturated rings. The van der Waals surface area contributed by atoms with Crippen LogP contribution >= 0.6 is 0 Å². The van der Waals surface area contributed by atoms with Gasteiger partial charge in [0.25, 0.3) is 5.91 Å². The van der Waals surface area contributed by atoms with Gasteiger partial charge in [-0.25, -0.2) is 4.39 Å². The van der Waals surface area contributed by atoms with Gasteiger partial charge >= 0.3 is 0 Å². The zero-order valence-corrected chi connectivity index (χ0v) is 20.5. The van der Waals surface area contributed by atoms with E-state index in [2.05, 4.69) is 6.92 Å².